The smallest absolute Gasteiger partial charge is 0.251 e. The third kappa shape index (κ3) is 4.93. The number of aryl methyl sites for hydroxylation is 3. The highest BCUT2D eigenvalue weighted by atomic mass is 32.2. The number of rotatable bonds is 7. The molecule has 0 saturated carbocycles. The monoisotopic (exact) mass is 428 g/mol. The third-order valence-electron chi connectivity index (χ3n) is 5.88. The van der Waals surface area contributed by atoms with E-state index in [-0.39, 0.29) is 10.8 Å². The lowest BCUT2D eigenvalue weighted by molar-refractivity contribution is 0.0950. The van der Waals surface area contributed by atoms with Crippen molar-refractivity contribution in [3.63, 3.8) is 0 Å². The summed E-state index contributed by atoms with van der Waals surface area (Å²) in [7, 11) is -3.58. The van der Waals surface area contributed by atoms with Gasteiger partial charge in [0.25, 0.3) is 5.91 Å². The van der Waals surface area contributed by atoms with Crippen molar-refractivity contribution in [2.24, 2.45) is 0 Å². The SMILES string of the molecule is CCc1ccc(CC)c(CNC(=O)c2ccc(C)c(S(=O)(=O)N3CCCCC3)c2)c1. The van der Waals surface area contributed by atoms with Crippen LogP contribution in [0.1, 0.15) is 65.7 Å². The number of carbonyl (C=O) groups excluding carboxylic acids is 1. The fraction of sp³-hybridized carbons (Fsp3) is 0.458. The van der Waals surface area contributed by atoms with Crippen LogP contribution in [0, 0.1) is 6.92 Å². The predicted molar refractivity (Wildman–Crippen MR) is 120 cm³/mol. The van der Waals surface area contributed by atoms with Crippen molar-refractivity contribution in [2.45, 2.75) is 64.3 Å². The van der Waals surface area contributed by atoms with Crippen LogP contribution in [0.4, 0.5) is 0 Å². The van der Waals surface area contributed by atoms with Crippen molar-refractivity contribution in [1.82, 2.24) is 9.62 Å². The lowest BCUT2D eigenvalue weighted by Crippen LogP contribution is -2.36. The largest absolute Gasteiger partial charge is 0.348 e. The third-order valence-corrected chi connectivity index (χ3v) is 7.92. The average molecular weight is 429 g/mol. The Kier molecular flexibility index (Phi) is 7.32. The molecule has 0 bridgehead atoms. The summed E-state index contributed by atoms with van der Waals surface area (Å²) in [4.78, 5) is 13.1. The van der Waals surface area contributed by atoms with E-state index in [1.807, 2.05) is 0 Å². The van der Waals surface area contributed by atoms with Crippen LogP contribution in [0.25, 0.3) is 0 Å². The Balaban J connectivity index is 1.80. The van der Waals surface area contributed by atoms with Crippen LogP contribution in [-0.2, 0) is 29.4 Å². The molecule has 162 valence electrons. The van der Waals surface area contributed by atoms with Crippen LogP contribution in [-0.4, -0.2) is 31.7 Å². The second kappa shape index (κ2) is 9.75. The van der Waals surface area contributed by atoms with E-state index in [1.54, 1.807) is 23.4 Å². The van der Waals surface area contributed by atoms with E-state index in [0.29, 0.717) is 30.8 Å². The molecule has 1 fully saturated rings. The molecule has 0 atom stereocenters. The standard InChI is InChI=1S/C24H32N2O3S/c1-4-19-10-12-20(5-2)22(15-19)17-25-24(27)21-11-9-18(3)23(16-21)30(28,29)26-13-7-6-8-14-26/h9-12,15-16H,4-8,13-14,17H2,1-3H3,(H,25,27). The Bertz CT molecular complexity index is 1010. The van der Waals surface area contributed by atoms with Crippen LogP contribution < -0.4 is 5.32 Å². The van der Waals surface area contributed by atoms with Crippen molar-refractivity contribution < 1.29 is 13.2 Å². The topological polar surface area (TPSA) is 66.5 Å². The predicted octanol–water partition coefficient (Wildman–Crippen LogP) is 4.22. The van der Waals surface area contributed by atoms with Crippen LogP contribution in [0.2, 0.25) is 0 Å². The molecule has 1 heterocycles. The zero-order valence-corrected chi connectivity index (χ0v) is 19.0. The molecule has 3 rings (SSSR count). The molecule has 1 saturated heterocycles. The van der Waals surface area contributed by atoms with Gasteiger partial charge in [-0.3, -0.25) is 4.79 Å². The van der Waals surface area contributed by atoms with Crippen LogP contribution in [0.3, 0.4) is 0 Å². The van der Waals surface area contributed by atoms with Crippen molar-refractivity contribution in [1.29, 1.82) is 0 Å². The molecule has 1 aliphatic heterocycles. The van der Waals surface area contributed by atoms with Crippen molar-refractivity contribution in [3.05, 3.63) is 64.2 Å². The number of nitrogens with zero attached hydrogens (tertiary/aromatic N) is 1. The molecule has 2 aromatic rings. The highest BCUT2D eigenvalue weighted by Crippen LogP contribution is 2.24. The van der Waals surface area contributed by atoms with E-state index in [0.717, 1.165) is 37.7 Å². The summed E-state index contributed by atoms with van der Waals surface area (Å²) in [6, 6.07) is 11.3. The van der Waals surface area contributed by atoms with Crippen LogP contribution in [0.15, 0.2) is 41.3 Å². The Morgan fingerprint density at radius 1 is 0.967 bits per heavy atom. The number of amides is 1. The zero-order chi connectivity index (χ0) is 21.7. The van der Waals surface area contributed by atoms with Gasteiger partial charge in [0.05, 0.1) is 4.90 Å². The number of benzene rings is 2. The Morgan fingerprint density at radius 3 is 2.37 bits per heavy atom. The first-order valence-electron chi connectivity index (χ1n) is 10.9. The second-order valence-corrected chi connectivity index (χ2v) is 9.84. The summed E-state index contributed by atoms with van der Waals surface area (Å²) >= 11 is 0. The van der Waals surface area contributed by atoms with Crippen LogP contribution >= 0.6 is 0 Å². The summed E-state index contributed by atoms with van der Waals surface area (Å²) in [5.74, 6) is -0.256. The van der Waals surface area contributed by atoms with Gasteiger partial charge in [-0.15, -0.1) is 0 Å². The molecule has 1 N–H and O–H groups in total. The molecule has 0 aliphatic carbocycles. The molecule has 2 aromatic carbocycles. The molecule has 5 nitrogen and oxygen atoms in total. The Hall–Kier alpha value is -2.18. The quantitative estimate of drug-likeness (QED) is 0.718. The number of carbonyl (C=O) groups is 1. The van der Waals surface area contributed by atoms with Gasteiger partial charge in [0.1, 0.15) is 0 Å². The molecule has 1 amide bonds. The Morgan fingerprint density at radius 2 is 1.70 bits per heavy atom. The van der Waals surface area contributed by atoms with Crippen molar-refractivity contribution >= 4 is 15.9 Å². The van der Waals surface area contributed by atoms with Gasteiger partial charge >= 0.3 is 0 Å². The van der Waals surface area contributed by atoms with Crippen LogP contribution in [0.5, 0.6) is 0 Å². The molecule has 1 aliphatic rings. The minimum absolute atomic E-state index is 0.235. The van der Waals surface area contributed by atoms with Crippen molar-refractivity contribution in [2.75, 3.05) is 13.1 Å². The van der Waals surface area contributed by atoms with E-state index in [9.17, 15) is 13.2 Å². The maximum absolute atomic E-state index is 13.1. The summed E-state index contributed by atoms with van der Waals surface area (Å²) in [6.45, 7) is 7.52. The molecule has 0 radical (unpaired) electrons. The number of piperidine rings is 1. The number of nitrogens with one attached hydrogen (secondary N) is 1. The number of hydrogen-bond acceptors (Lipinski definition) is 3. The van der Waals surface area contributed by atoms with E-state index < -0.39 is 10.0 Å². The van der Waals surface area contributed by atoms with Gasteiger partial charge in [-0.05, 0) is 67.0 Å². The minimum Gasteiger partial charge on any atom is -0.348 e. The average Bonchev–Trinajstić information content (AvgIpc) is 2.77. The van der Waals surface area contributed by atoms with E-state index in [2.05, 4.69) is 37.4 Å². The van der Waals surface area contributed by atoms with Gasteiger partial charge in [-0.25, -0.2) is 8.42 Å². The van der Waals surface area contributed by atoms with Gasteiger partial charge in [0.2, 0.25) is 10.0 Å². The molecule has 0 spiro atoms. The fourth-order valence-electron chi connectivity index (χ4n) is 3.95. The maximum Gasteiger partial charge on any atom is 0.251 e. The zero-order valence-electron chi connectivity index (χ0n) is 18.2. The van der Waals surface area contributed by atoms with Gasteiger partial charge < -0.3 is 5.32 Å². The molecule has 0 unspecified atom stereocenters. The summed E-state index contributed by atoms with van der Waals surface area (Å²) in [5, 5.41) is 2.97. The second-order valence-electron chi connectivity index (χ2n) is 7.94. The first kappa shape index (κ1) is 22.5. The Labute approximate surface area is 180 Å². The lowest BCUT2D eigenvalue weighted by atomic mass is 10.0. The number of hydrogen-bond donors (Lipinski definition) is 1. The number of sulfonamides is 1. The first-order chi connectivity index (χ1) is 14.4. The highest BCUT2D eigenvalue weighted by Gasteiger charge is 2.28. The molecular formula is C24H32N2O3S. The minimum atomic E-state index is -3.58. The molecule has 30 heavy (non-hydrogen) atoms. The summed E-state index contributed by atoms with van der Waals surface area (Å²) in [5.41, 5.74) is 4.60. The molecule has 6 heteroatoms. The van der Waals surface area contributed by atoms with E-state index in [4.69, 9.17) is 0 Å². The van der Waals surface area contributed by atoms with E-state index in [1.165, 1.54) is 17.2 Å². The highest BCUT2D eigenvalue weighted by molar-refractivity contribution is 7.89. The van der Waals surface area contributed by atoms with Crippen molar-refractivity contribution in [3.8, 4) is 0 Å². The van der Waals surface area contributed by atoms with E-state index >= 15 is 0 Å². The van der Waals surface area contributed by atoms with Gasteiger partial charge in [0, 0.05) is 25.2 Å². The summed E-state index contributed by atoms with van der Waals surface area (Å²) < 4.78 is 27.8. The van der Waals surface area contributed by atoms with Gasteiger partial charge in [-0.1, -0.05) is 44.5 Å². The maximum atomic E-state index is 13.1. The van der Waals surface area contributed by atoms with Gasteiger partial charge in [-0.2, -0.15) is 4.31 Å². The normalized spacial score (nSPS) is 15.2. The fourth-order valence-corrected chi connectivity index (χ4v) is 5.72. The lowest BCUT2D eigenvalue weighted by Gasteiger charge is -2.26. The molecule has 0 aromatic heterocycles. The molecular weight excluding hydrogens is 396 g/mol. The summed E-state index contributed by atoms with van der Waals surface area (Å²) in [6.07, 6.45) is 4.68. The van der Waals surface area contributed by atoms with Gasteiger partial charge in [0.15, 0.2) is 0 Å². The first-order valence-corrected chi connectivity index (χ1v) is 12.3.